The van der Waals surface area contributed by atoms with Crippen LogP contribution in [-0.4, -0.2) is 42.3 Å². The highest BCUT2D eigenvalue weighted by molar-refractivity contribution is 6.32. The lowest BCUT2D eigenvalue weighted by Gasteiger charge is -2.16. The Morgan fingerprint density at radius 1 is 1.18 bits per heavy atom. The summed E-state index contributed by atoms with van der Waals surface area (Å²) in [5.41, 5.74) is 2.05. The Hall–Kier alpha value is -4.18. The van der Waals surface area contributed by atoms with Crippen molar-refractivity contribution in [3.8, 4) is 11.4 Å². The maximum Gasteiger partial charge on any atom is 0.274 e. The van der Waals surface area contributed by atoms with Crippen LogP contribution in [0.3, 0.4) is 0 Å². The normalized spacial score (nSPS) is 10.7. The number of aromatic nitrogens is 4. The molecular formula is C22H19ClN6O4. The minimum atomic E-state index is -0.536. The van der Waals surface area contributed by atoms with Crippen molar-refractivity contribution in [3.05, 3.63) is 99.6 Å². The number of halogens is 1. The summed E-state index contributed by atoms with van der Waals surface area (Å²) in [4.78, 5) is 24.6. The van der Waals surface area contributed by atoms with Crippen molar-refractivity contribution in [2.75, 3.05) is 7.05 Å². The molecule has 1 amide bonds. The number of nitrogens with zero attached hydrogens (tertiary/aromatic N) is 6. The van der Waals surface area contributed by atoms with Gasteiger partial charge in [0.25, 0.3) is 11.6 Å². The fraction of sp³-hybridized carbons (Fsp3) is 0.136. The van der Waals surface area contributed by atoms with Crippen molar-refractivity contribution < 1.29 is 14.5 Å². The monoisotopic (exact) mass is 466 g/mol. The first kappa shape index (κ1) is 22.0. The smallest absolute Gasteiger partial charge is 0.274 e. The molecular weight excluding hydrogens is 448 g/mol. The van der Waals surface area contributed by atoms with Gasteiger partial charge in [-0.15, -0.1) is 0 Å². The van der Waals surface area contributed by atoms with Crippen LogP contribution in [0, 0.1) is 10.1 Å². The van der Waals surface area contributed by atoms with Crippen LogP contribution in [0.25, 0.3) is 5.69 Å². The second-order valence-corrected chi connectivity index (χ2v) is 7.57. The minimum absolute atomic E-state index is 0.0105. The number of ether oxygens (including phenoxy) is 1. The molecule has 0 atom stereocenters. The first-order valence-corrected chi connectivity index (χ1v) is 10.2. The SMILES string of the molecule is CN(Cc1ccc(-n2cccn2)cc1)C(=O)c1ccn(COc2ccc([N+](=O)[O-])cc2Cl)n1. The third kappa shape index (κ3) is 5.18. The second kappa shape index (κ2) is 9.53. The number of carbonyl (C=O) groups excluding carboxylic acids is 1. The zero-order chi connectivity index (χ0) is 23.4. The molecule has 0 fully saturated rings. The molecule has 0 aliphatic rings. The van der Waals surface area contributed by atoms with Gasteiger partial charge < -0.3 is 9.64 Å². The van der Waals surface area contributed by atoms with E-state index in [0.29, 0.717) is 6.54 Å². The molecule has 0 spiro atoms. The van der Waals surface area contributed by atoms with E-state index in [1.54, 1.807) is 35.1 Å². The number of benzene rings is 2. The molecule has 2 aromatic carbocycles. The van der Waals surface area contributed by atoms with Crippen molar-refractivity contribution in [1.82, 2.24) is 24.5 Å². The summed E-state index contributed by atoms with van der Waals surface area (Å²) in [6, 6.07) is 15.2. The lowest BCUT2D eigenvalue weighted by molar-refractivity contribution is -0.384. The van der Waals surface area contributed by atoms with Crippen molar-refractivity contribution in [2.45, 2.75) is 13.3 Å². The predicted molar refractivity (Wildman–Crippen MR) is 120 cm³/mol. The van der Waals surface area contributed by atoms with Gasteiger partial charge >= 0.3 is 0 Å². The van der Waals surface area contributed by atoms with Crippen LogP contribution >= 0.6 is 11.6 Å². The number of nitro groups is 1. The largest absolute Gasteiger partial charge is 0.470 e. The van der Waals surface area contributed by atoms with Gasteiger partial charge in [-0.05, 0) is 35.9 Å². The van der Waals surface area contributed by atoms with Gasteiger partial charge in [0, 0.05) is 44.3 Å². The first-order valence-electron chi connectivity index (χ1n) is 9.85. The molecule has 168 valence electrons. The first-order chi connectivity index (χ1) is 15.9. The summed E-state index contributed by atoms with van der Waals surface area (Å²) >= 11 is 6.03. The highest BCUT2D eigenvalue weighted by Crippen LogP contribution is 2.28. The Morgan fingerprint density at radius 2 is 1.97 bits per heavy atom. The zero-order valence-corrected chi connectivity index (χ0v) is 18.3. The van der Waals surface area contributed by atoms with E-state index in [1.165, 1.54) is 22.9 Å². The number of non-ortho nitro benzene ring substituents is 1. The fourth-order valence-corrected chi connectivity index (χ4v) is 3.35. The standard InChI is InChI=1S/C22H19ClN6O4/c1-26(14-16-3-5-17(6-4-16)28-11-2-10-24-28)22(30)20-9-12-27(25-20)15-33-21-8-7-18(29(31)32)13-19(21)23/h2-13H,14-15H2,1H3. The van der Waals surface area contributed by atoms with Crippen LogP contribution in [0.15, 0.2) is 73.2 Å². The molecule has 0 aliphatic carbocycles. The van der Waals surface area contributed by atoms with Gasteiger partial charge in [0.1, 0.15) is 5.75 Å². The molecule has 2 heterocycles. The van der Waals surface area contributed by atoms with E-state index in [2.05, 4.69) is 10.2 Å². The van der Waals surface area contributed by atoms with Gasteiger partial charge in [-0.2, -0.15) is 10.2 Å². The average molecular weight is 467 g/mol. The number of hydrogen-bond donors (Lipinski definition) is 0. The Bertz CT molecular complexity index is 1270. The van der Waals surface area contributed by atoms with Crippen LogP contribution in [0.2, 0.25) is 5.02 Å². The van der Waals surface area contributed by atoms with E-state index < -0.39 is 4.92 Å². The van der Waals surface area contributed by atoms with Crippen LogP contribution < -0.4 is 4.74 Å². The molecule has 0 bridgehead atoms. The Kier molecular flexibility index (Phi) is 6.36. The lowest BCUT2D eigenvalue weighted by atomic mass is 10.2. The van der Waals surface area contributed by atoms with Gasteiger partial charge in [-0.1, -0.05) is 23.7 Å². The lowest BCUT2D eigenvalue weighted by Crippen LogP contribution is -2.26. The van der Waals surface area contributed by atoms with E-state index in [4.69, 9.17) is 16.3 Å². The minimum Gasteiger partial charge on any atom is -0.470 e. The van der Waals surface area contributed by atoms with E-state index in [0.717, 1.165) is 11.3 Å². The highest BCUT2D eigenvalue weighted by Gasteiger charge is 2.16. The summed E-state index contributed by atoms with van der Waals surface area (Å²) in [5, 5.41) is 19.4. The second-order valence-electron chi connectivity index (χ2n) is 7.16. The summed E-state index contributed by atoms with van der Waals surface area (Å²) in [7, 11) is 1.70. The number of nitro benzene ring substituents is 1. The number of amides is 1. The van der Waals surface area contributed by atoms with E-state index in [-0.39, 0.29) is 34.8 Å². The van der Waals surface area contributed by atoms with Crippen molar-refractivity contribution in [1.29, 1.82) is 0 Å². The molecule has 0 saturated carbocycles. The molecule has 2 aromatic heterocycles. The summed E-state index contributed by atoms with van der Waals surface area (Å²) < 4.78 is 8.77. The van der Waals surface area contributed by atoms with Gasteiger partial charge in [0.15, 0.2) is 12.4 Å². The van der Waals surface area contributed by atoms with Crippen LogP contribution in [-0.2, 0) is 13.3 Å². The topological polar surface area (TPSA) is 108 Å². The average Bonchev–Trinajstić information content (AvgIpc) is 3.51. The molecule has 33 heavy (non-hydrogen) atoms. The van der Waals surface area contributed by atoms with Crippen LogP contribution in [0.4, 0.5) is 5.69 Å². The maximum atomic E-state index is 12.8. The Morgan fingerprint density at radius 3 is 2.64 bits per heavy atom. The quantitative estimate of drug-likeness (QED) is 0.287. The summed E-state index contributed by atoms with van der Waals surface area (Å²) in [6.45, 7) is 0.406. The van der Waals surface area contributed by atoms with Gasteiger partial charge in [-0.25, -0.2) is 9.36 Å². The fourth-order valence-electron chi connectivity index (χ4n) is 3.12. The predicted octanol–water partition coefficient (Wildman–Crippen LogP) is 3.94. The van der Waals surface area contributed by atoms with E-state index >= 15 is 0 Å². The van der Waals surface area contributed by atoms with Gasteiger partial charge in [0.2, 0.25) is 0 Å². The third-order valence-corrected chi connectivity index (χ3v) is 5.11. The van der Waals surface area contributed by atoms with Crippen molar-refractivity contribution in [2.24, 2.45) is 0 Å². The maximum absolute atomic E-state index is 12.8. The molecule has 0 radical (unpaired) electrons. The van der Waals surface area contributed by atoms with E-state index in [9.17, 15) is 14.9 Å². The molecule has 11 heteroatoms. The molecule has 0 aliphatic heterocycles. The number of hydrogen-bond acceptors (Lipinski definition) is 6. The Labute approximate surface area is 193 Å². The van der Waals surface area contributed by atoms with Crippen molar-refractivity contribution >= 4 is 23.2 Å². The number of rotatable bonds is 8. The van der Waals surface area contributed by atoms with Crippen LogP contribution in [0.1, 0.15) is 16.1 Å². The zero-order valence-electron chi connectivity index (χ0n) is 17.5. The Balaban J connectivity index is 1.35. The van der Waals surface area contributed by atoms with Crippen molar-refractivity contribution in [3.63, 3.8) is 0 Å². The van der Waals surface area contributed by atoms with Gasteiger partial charge in [0.05, 0.1) is 15.6 Å². The molecule has 0 unspecified atom stereocenters. The molecule has 0 saturated heterocycles. The molecule has 0 N–H and O–H groups in total. The molecule has 4 rings (SSSR count). The summed E-state index contributed by atoms with van der Waals surface area (Å²) in [6.07, 6.45) is 5.19. The molecule has 4 aromatic rings. The highest BCUT2D eigenvalue weighted by atomic mass is 35.5. The number of carbonyl (C=O) groups is 1. The van der Waals surface area contributed by atoms with Crippen LogP contribution in [0.5, 0.6) is 5.75 Å². The van der Waals surface area contributed by atoms with E-state index in [1.807, 2.05) is 36.5 Å². The summed E-state index contributed by atoms with van der Waals surface area (Å²) in [5.74, 6) is 0.0413. The third-order valence-electron chi connectivity index (χ3n) is 4.81. The molecule has 10 nitrogen and oxygen atoms in total. The van der Waals surface area contributed by atoms with Gasteiger partial charge in [-0.3, -0.25) is 14.9 Å².